The third-order valence-electron chi connectivity index (χ3n) is 1.83. The van der Waals surface area contributed by atoms with Gasteiger partial charge in [-0.25, -0.2) is 0 Å². The van der Waals surface area contributed by atoms with E-state index in [4.69, 9.17) is 18.0 Å². The number of rotatable bonds is 3. The Labute approximate surface area is 87.3 Å². The maximum atomic E-state index is 11.6. The fourth-order valence-electron chi connectivity index (χ4n) is 0.938. The molecule has 0 radical (unpaired) electrons. The van der Waals surface area contributed by atoms with Gasteiger partial charge in [0.2, 0.25) is 0 Å². The molecule has 14 heavy (non-hydrogen) atoms. The molecule has 0 aliphatic carbocycles. The van der Waals surface area contributed by atoms with E-state index in [1.54, 1.807) is 26.2 Å². The second kappa shape index (κ2) is 4.19. The van der Waals surface area contributed by atoms with E-state index < -0.39 is 0 Å². The van der Waals surface area contributed by atoms with Crippen molar-refractivity contribution in [2.45, 2.75) is 13.0 Å². The molecule has 0 saturated heterocycles. The van der Waals surface area contributed by atoms with E-state index >= 15 is 0 Å². The van der Waals surface area contributed by atoms with Crippen LogP contribution in [0, 0.1) is 0 Å². The van der Waals surface area contributed by atoms with E-state index in [1.807, 2.05) is 0 Å². The lowest BCUT2D eigenvalue weighted by molar-refractivity contribution is 0.0940. The smallest absolute Gasteiger partial charge is 0.270 e. The number of hydrogen-bond donors (Lipinski definition) is 2. The third-order valence-corrected chi connectivity index (χ3v) is 2.18. The largest absolute Gasteiger partial charge is 0.392 e. The lowest BCUT2D eigenvalue weighted by atomic mass is 10.3. The van der Waals surface area contributed by atoms with Crippen molar-refractivity contribution in [1.29, 1.82) is 0 Å². The highest BCUT2D eigenvalue weighted by atomic mass is 32.1. The number of aryl methyl sites for hydroxylation is 1. The maximum absolute atomic E-state index is 11.6. The summed E-state index contributed by atoms with van der Waals surface area (Å²) in [5, 5.41) is 6.54. The van der Waals surface area contributed by atoms with Crippen LogP contribution in [-0.2, 0) is 7.05 Å². The average molecular weight is 212 g/mol. The highest BCUT2D eigenvalue weighted by Crippen LogP contribution is 1.96. The molecule has 6 heteroatoms. The molecule has 0 fully saturated rings. The summed E-state index contributed by atoms with van der Waals surface area (Å²) in [4.78, 5) is 11.8. The third kappa shape index (κ3) is 2.29. The minimum Gasteiger partial charge on any atom is -0.392 e. The van der Waals surface area contributed by atoms with Crippen LogP contribution in [0.1, 0.15) is 17.4 Å². The highest BCUT2D eigenvalue weighted by Gasteiger charge is 2.13. The molecule has 1 rings (SSSR count). The van der Waals surface area contributed by atoms with Crippen molar-refractivity contribution in [3.63, 3.8) is 0 Å². The molecule has 0 aliphatic heterocycles. The molecule has 0 saturated carbocycles. The Morgan fingerprint density at radius 3 is 2.86 bits per heavy atom. The Balaban J connectivity index is 2.69. The number of aromatic nitrogens is 2. The molecule has 0 aromatic carbocycles. The number of nitrogens with two attached hydrogens (primary N) is 1. The summed E-state index contributed by atoms with van der Waals surface area (Å²) in [5.74, 6) is -0.231. The molecule has 1 aromatic rings. The van der Waals surface area contributed by atoms with Crippen LogP contribution in [0.15, 0.2) is 12.3 Å². The Bertz CT molecular complexity index is 360. The predicted molar refractivity (Wildman–Crippen MR) is 56.9 cm³/mol. The van der Waals surface area contributed by atoms with E-state index in [1.165, 1.54) is 4.68 Å². The Kier molecular flexibility index (Phi) is 3.19. The lowest BCUT2D eigenvalue weighted by Crippen LogP contribution is -2.41. The van der Waals surface area contributed by atoms with Gasteiger partial charge in [0.05, 0.1) is 11.0 Å². The van der Waals surface area contributed by atoms with Crippen LogP contribution in [0.4, 0.5) is 0 Å². The van der Waals surface area contributed by atoms with Crippen LogP contribution in [0.3, 0.4) is 0 Å². The van der Waals surface area contributed by atoms with Crippen molar-refractivity contribution in [2.75, 3.05) is 0 Å². The topological polar surface area (TPSA) is 72.9 Å². The van der Waals surface area contributed by atoms with Crippen molar-refractivity contribution in [1.82, 2.24) is 15.1 Å². The predicted octanol–water partition coefficient (Wildman–Crippen LogP) is -0.175. The molecule has 1 unspecified atom stereocenters. The highest BCUT2D eigenvalue weighted by molar-refractivity contribution is 7.80. The summed E-state index contributed by atoms with van der Waals surface area (Å²) in [7, 11) is 1.69. The van der Waals surface area contributed by atoms with Crippen LogP contribution >= 0.6 is 12.2 Å². The molecular weight excluding hydrogens is 200 g/mol. The number of hydrogen-bond acceptors (Lipinski definition) is 3. The number of amides is 1. The van der Waals surface area contributed by atoms with Gasteiger partial charge >= 0.3 is 0 Å². The van der Waals surface area contributed by atoms with Gasteiger partial charge in [0.15, 0.2) is 0 Å². The van der Waals surface area contributed by atoms with Crippen molar-refractivity contribution >= 4 is 23.1 Å². The standard InChI is InChI=1S/C8H12N4OS/c1-5(7(9)14)11-8(13)6-3-4-10-12(6)2/h3-5H,1-2H3,(H2,9,14)(H,11,13). The van der Waals surface area contributed by atoms with Gasteiger partial charge in [0, 0.05) is 13.2 Å². The van der Waals surface area contributed by atoms with Crippen LogP contribution in [0.2, 0.25) is 0 Å². The van der Waals surface area contributed by atoms with Crippen molar-refractivity contribution in [3.05, 3.63) is 18.0 Å². The lowest BCUT2D eigenvalue weighted by Gasteiger charge is -2.11. The molecule has 0 spiro atoms. The van der Waals surface area contributed by atoms with Crippen molar-refractivity contribution < 1.29 is 4.79 Å². The van der Waals surface area contributed by atoms with Gasteiger partial charge in [-0.1, -0.05) is 12.2 Å². The van der Waals surface area contributed by atoms with Gasteiger partial charge in [-0.05, 0) is 13.0 Å². The summed E-state index contributed by atoms with van der Waals surface area (Å²) in [5.41, 5.74) is 5.85. The van der Waals surface area contributed by atoms with Gasteiger partial charge < -0.3 is 11.1 Å². The second-order valence-electron chi connectivity index (χ2n) is 2.94. The molecular formula is C8H12N4OS. The molecule has 1 amide bonds. The van der Waals surface area contributed by atoms with Gasteiger partial charge in [-0.3, -0.25) is 9.48 Å². The SMILES string of the molecule is CC(NC(=O)c1ccnn1C)C(N)=S. The molecule has 5 nitrogen and oxygen atoms in total. The van der Waals surface area contributed by atoms with Crippen LogP contribution in [0.5, 0.6) is 0 Å². The van der Waals surface area contributed by atoms with Gasteiger partial charge in [-0.2, -0.15) is 5.10 Å². The maximum Gasteiger partial charge on any atom is 0.270 e. The number of nitrogens with one attached hydrogen (secondary N) is 1. The van der Waals surface area contributed by atoms with E-state index in [0.29, 0.717) is 5.69 Å². The summed E-state index contributed by atoms with van der Waals surface area (Å²) in [6.45, 7) is 1.73. The fourth-order valence-corrected chi connectivity index (χ4v) is 0.997. The first-order valence-corrected chi connectivity index (χ1v) is 4.51. The Hall–Kier alpha value is -1.43. The Morgan fingerprint density at radius 2 is 2.43 bits per heavy atom. The molecule has 1 atom stereocenters. The number of nitrogens with zero attached hydrogens (tertiary/aromatic N) is 2. The van der Waals surface area contributed by atoms with Gasteiger partial charge in [-0.15, -0.1) is 0 Å². The first-order chi connectivity index (χ1) is 6.52. The quantitative estimate of drug-likeness (QED) is 0.682. The first-order valence-electron chi connectivity index (χ1n) is 4.10. The molecule has 3 N–H and O–H groups in total. The van der Waals surface area contributed by atoms with Crippen molar-refractivity contribution in [3.8, 4) is 0 Å². The first kappa shape index (κ1) is 10.6. The summed E-state index contributed by atoms with van der Waals surface area (Å²) < 4.78 is 1.49. The minimum atomic E-state index is -0.313. The van der Waals surface area contributed by atoms with Gasteiger partial charge in [0.1, 0.15) is 5.69 Å². The zero-order valence-corrected chi connectivity index (χ0v) is 8.84. The Morgan fingerprint density at radius 1 is 1.79 bits per heavy atom. The van der Waals surface area contributed by atoms with E-state index in [0.717, 1.165) is 0 Å². The van der Waals surface area contributed by atoms with Crippen LogP contribution in [-0.4, -0.2) is 26.7 Å². The zero-order valence-electron chi connectivity index (χ0n) is 8.02. The monoisotopic (exact) mass is 212 g/mol. The molecule has 76 valence electrons. The van der Waals surface area contributed by atoms with Gasteiger partial charge in [0.25, 0.3) is 5.91 Å². The second-order valence-corrected chi connectivity index (χ2v) is 3.41. The van der Waals surface area contributed by atoms with E-state index in [2.05, 4.69) is 10.4 Å². The molecule has 0 bridgehead atoms. The summed E-state index contributed by atoms with van der Waals surface area (Å²) in [6, 6.07) is 1.31. The van der Waals surface area contributed by atoms with Crippen molar-refractivity contribution in [2.24, 2.45) is 12.8 Å². The zero-order chi connectivity index (χ0) is 10.7. The normalized spacial score (nSPS) is 12.1. The summed E-state index contributed by atoms with van der Waals surface area (Å²) in [6.07, 6.45) is 1.56. The van der Waals surface area contributed by atoms with E-state index in [-0.39, 0.29) is 16.9 Å². The molecule has 0 aliphatic rings. The van der Waals surface area contributed by atoms with E-state index in [9.17, 15) is 4.79 Å². The molecule has 1 aromatic heterocycles. The number of carbonyl (C=O) groups is 1. The van der Waals surface area contributed by atoms with Crippen LogP contribution in [0.25, 0.3) is 0 Å². The fraction of sp³-hybridized carbons (Fsp3) is 0.375. The number of thiocarbonyl (C=S) groups is 1. The summed E-state index contributed by atoms with van der Waals surface area (Å²) >= 11 is 4.74. The minimum absolute atomic E-state index is 0.231. The average Bonchev–Trinajstić information content (AvgIpc) is 2.51. The van der Waals surface area contributed by atoms with Crippen LogP contribution < -0.4 is 11.1 Å². The number of carbonyl (C=O) groups excluding carboxylic acids is 1. The molecule has 1 heterocycles.